The molecule has 21 heavy (non-hydrogen) atoms. The lowest BCUT2D eigenvalue weighted by molar-refractivity contribution is 0.131. The van der Waals surface area contributed by atoms with Gasteiger partial charge in [-0.2, -0.15) is 0 Å². The molecule has 1 aliphatic carbocycles. The lowest BCUT2D eigenvalue weighted by Crippen LogP contribution is -2.27. The first-order chi connectivity index (χ1) is 10.1. The van der Waals surface area contributed by atoms with Crippen molar-refractivity contribution < 1.29 is 4.74 Å². The molecule has 1 aromatic rings. The molecule has 0 amide bonds. The van der Waals surface area contributed by atoms with Crippen LogP contribution in [0.15, 0.2) is 12.3 Å². The lowest BCUT2D eigenvalue weighted by atomic mass is 10.2. The number of ether oxygens (including phenoxy) is 1. The van der Waals surface area contributed by atoms with E-state index in [2.05, 4.69) is 42.2 Å². The van der Waals surface area contributed by atoms with Crippen molar-refractivity contribution in [1.82, 2.24) is 10.3 Å². The minimum Gasteiger partial charge on any atom is -0.379 e. The van der Waals surface area contributed by atoms with Crippen molar-refractivity contribution in [2.75, 3.05) is 31.7 Å². The first kappa shape index (κ1) is 16.2. The van der Waals surface area contributed by atoms with E-state index in [0.29, 0.717) is 6.04 Å². The SMILES string of the molecule is Cc1cc(N(C)CCOCC2CC2)c(CNC(C)C)cn1. The molecule has 1 fully saturated rings. The summed E-state index contributed by atoms with van der Waals surface area (Å²) in [6.45, 7) is 9.88. The Morgan fingerprint density at radius 1 is 1.43 bits per heavy atom. The van der Waals surface area contributed by atoms with E-state index in [1.54, 1.807) is 0 Å². The van der Waals surface area contributed by atoms with Gasteiger partial charge in [0, 0.05) is 55.9 Å². The molecule has 118 valence electrons. The molecule has 1 aliphatic rings. The Kier molecular flexibility index (Phi) is 6.00. The fourth-order valence-corrected chi connectivity index (χ4v) is 2.24. The van der Waals surface area contributed by atoms with Crippen LogP contribution >= 0.6 is 0 Å². The summed E-state index contributed by atoms with van der Waals surface area (Å²) in [5.41, 5.74) is 3.56. The highest BCUT2D eigenvalue weighted by molar-refractivity contribution is 5.53. The second-order valence-electron chi connectivity index (χ2n) is 6.43. The molecule has 1 saturated carbocycles. The van der Waals surface area contributed by atoms with Crippen molar-refractivity contribution in [1.29, 1.82) is 0 Å². The molecule has 0 aromatic carbocycles. The number of nitrogens with zero attached hydrogens (tertiary/aromatic N) is 2. The Morgan fingerprint density at radius 2 is 2.19 bits per heavy atom. The Morgan fingerprint density at radius 3 is 2.86 bits per heavy atom. The molecule has 2 rings (SSSR count). The molecule has 0 atom stereocenters. The van der Waals surface area contributed by atoms with Crippen molar-refractivity contribution >= 4 is 5.69 Å². The molecule has 0 aliphatic heterocycles. The highest BCUT2D eigenvalue weighted by Crippen LogP contribution is 2.28. The monoisotopic (exact) mass is 291 g/mol. The number of likely N-dealkylation sites (N-methyl/N-ethyl adjacent to an activating group) is 1. The normalized spacial score (nSPS) is 14.7. The zero-order valence-corrected chi connectivity index (χ0v) is 13.9. The van der Waals surface area contributed by atoms with Gasteiger partial charge in [0.25, 0.3) is 0 Å². The Bertz CT molecular complexity index is 444. The third-order valence-corrected chi connectivity index (χ3v) is 3.83. The van der Waals surface area contributed by atoms with Gasteiger partial charge in [0.15, 0.2) is 0 Å². The predicted molar refractivity (Wildman–Crippen MR) is 87.8 cm³/mol. The topological polar surface area (TPSA) is 37.4 Å². The lowest BCUT2D eigenvalue weighted by Gasteiger charge is -2.23. The van der Waals surface area contributed by atoms with Gasteiger partial charge >= 0.3 is 0 Å². The number of hydrogen-bond donors (Lipinski definition) is 1. The second kappa shape index (κ2) is 7.76. The molecule has 4 nitrogen and oxygen atoms in total. The van der Waals surface area contributed by atoms with Crippen molar-refractivity contribution in [2.45, 2.75) is 46.2 Å². The quantitative estimate of drug-likeness (QED) is 0.710. The number of rotatable bonds is 9. The van der Waals surface area contributed by atoms with Crippen LogP contribution in [0.4, 0.5) is 5.69 Å². The minimum atomic E-state index is 0.478. The molecule has 0 spiro atoms. The summed E-state index contributed by atoms with van der Waals surface area (Å²) >= 11 is 0. The highest BCUT2D eigenvalue weighted by Gasteiger charge is 2.21. The first-order valence-electron chi connectivity index (χ1n) is 8.04. The Balaban J connectivity index is 1.89. The standard InChI is InChI=1S/C17H29N3O/c1-13(2)18-10-16-11-19-14(3)9-17(16)20(4)7-8-21-12-15-5-6-15/h9,11,13,15,18H,5-8,10,12H2,1-4H3. The van der Waals surface area contributed by atoms with Gasteiger partial charge in [-0.25, -0.2) is 0 Å². The first-order valence-corrected chi connectivity index (χ1v) is 8.04. The predicted octanol–water partition coefficient (Wildman–Crippen LogP) is 2.75. The second-order valence-corrected chi connectivity index (χ2v) is 6.43. The molecule has 4 heteroatoms. The van der Waals surface area contributed by atoms with E-state index in [1.807, 2.05) is 13.1 Å². The van der Waals surface area contributed by atoms with Crippen LogP contribution in [-0.4, -0.2) is 37.8 Å². The third kappa shape index (κ3) is 5.64. The Labute approximate surface area is 128 Å². The van der Waals surface area contributed by atoms with Crippen LogP contribution in [0.2, 0.25) is 0 Å². The smallest absolute Gasteiger partial charge is 0.0641 e. The molecule has 0 radical (unpaired) electrons. The van der Waals surface area contributed by atoms with Crippen LogP contribution in [0.25, 0.3) is 0 Å². The van der Waals surface area contributed by atoms with E-state index >= 15 is 0 Å². The van der Waals surface area contributed by atoms with Crippen LogP contribution in [0.1, 0.15) is 37.9 Å². The van der Waals surface area contributed by atoms with Gasteiger partial charge in [0.1, 0.15) is 0 Å². The minimum absolute atomic E-state index is 0.478. The summed E-state index contributed by atoms with van der Waals surface area (Å²) in [4.78, 5) is 6.71. The number of hydrogen-bond acceptors (Lipinski definition) is 4. The number of aryl methyl sites for hydroxylation is 1. The van der Waals surface area contributed by atoms with Crippen LogP contribution in [0.5, 0.6) is 0 Å². The third-order valence-electron chi connectivity index (χ3n) is 3.83. The molecule has 1 aromatic heterocycles. The van der Waals surface area contributed by atoms with Gasteiger partial charge in [0.2, 0.25) is 0 Å². The van der Waals surface area contributed by atoms with Crippen LogP contribution in [0.3, 0.4) is 0 Å². The van der Waals surface area contributed by atoms with Gasteiger partial charge in [-0.05, 0) is 31.7 Å². The maximum Gasteiger partial charge on any atom is 0.0641 e. The molecular weight excluding hydrogens is 262 g/mol. The largest absolute Gasteiger partial charge is 0.379 e. The average molecular weight is 291 g/mol. The van der Waals surface area contributed by atoms with Crippen molar-refractivity contribution in [2.24, 2.45) is 5.92 Å². The van der Waals surface area contributed by atoms with Gasteiger partial charge in [0.05, 0.1) is 6.61 Å². The number of aromatic nitrogens is 1. The average Bonchev–Trinajstić information content (AvgIpc) is 3.26. The van der Waals surface area contributed by atoms with Gasteiger partial charge in [-0.1, -0.05) is 13.8 Å². The summed E-state index contributed by atoms with van der Waals surface area (Å²) in [7, 11) is 2.13. The summed E-state index contributed by atoms with van der Waals surface area (Å²) in [5.74, 6) is 0.837. The van der Waals surface area contributed by atoms with E-state index in [0.717, 1.165) is 37.9 Å². The summed E-state index contributed by atoms with van der Waals surface area (Å²) in [5, 5.41) is 3.47. The number of anilines is 1. The van der Waals surface area contributed by atoms with E-state index in [9.17, 15) is 0 Å². The molecule has 0 unspecified atom stereocenters. The fraction of sp³-hybridized carbons (Fsp3) is 0.706. The van der Waals surface area contributed by atoms with Gasteiger partial charge < -0.3 is 15.0 Å². The molecular formula is C17H29N3O. The summed E-state index contributed by atoms with van der Waals surface area (Å²) in [6, 6.07) is 2.64. The van der Waals surface area contributed by atoms with Crippen molar-refractivity contribution in [3.8, 4) is 0 Å². The van der Waals surface area contributed by atoms with Crippen molar-refractivity contribution in [3.05, 3.63) is 23.5 Å². The Hall–Kier alpha value is -1.13. The van der Waals surface area contributed by atoms with E-state index in [4.69, 9.17) is 4.74 Å². The fourth-order valence-electron chi connectivity index (χ4n) is 2.24. The van der Waals surface area contributed by atoms with E-state index in [1.165, 1.54) is 24.1 Å². The summed E-state index contributed by atoms with van der Waals surface area (Å²) < 4.78 is 5.75. The van der Waals surface area contributed by atoms with Crippen LogP contribution < -0.4 is 10.2 Å². The summed E-state index contributed by atoms with van der Waals surface area (Å²) in [6.07, 6.45) is 4.69. The number of nitrogens with one attached hydrogen (secondary N) is 1. The van der Waals surface area contributed by atoms with Gasteiger partial charge in [-0.3, -0.25) is 4.98 Å². The zero-order valence-electron chi connectivity index (χ0n) is 13.9. The maximum atomic E-state index is 5.75. The van der Waals surface area contributed by atoms with Crippen LogP contribution in [0, 0.1) is 12.8 Å². The molecule has 0 bridgehead atoms. The molecule has 0 saturated heterocycles. The number of pyridine rings is 1. The van der Waals surface area contributed by atoms with E-state index < -0.39 is 0 Å². The van der Waals surface area contributed by atoms with Crippen LogP contribution in [-0.2, 0) is 11.3 Å². The van der Waals surface area contributed by atoms with Crippen molar-refractivity contribution in [3.63, 3.8) is 0 Å². The maximum absolute atomic E-state index is 5.75. The molecule has 1 N–H and O–H groups in total. The zero-order chi connectivity index (χ0) is 15.2. The van der Waals surface area contributed by atoms with E-state index in [-0.39, 0.29) is 0 Å². The molecule has 1 heterocycles. The van der Waals surface area contributed by atoms with Gasteiger partial charge in [-0.15, -0.1) is 0 Å². The highest BCUT2D eigenvalue weighted by atomic mass is 16.5.